The molecular formula is C13H12BrClF3NO. The summed E-state index contributed by atoms with van der Waals surface area (Å²) in [5, 5.41) is 0. The van der Waals surface area contributed by atoms with Gasteiger partial charge in [0.1, 0.15) is 0 Å². The molecule has 1 saturated heterocycles. The van der Waals surface area contributed by atoms with E-state index in [2.05, 4.69) is 15.9 Å². The lowest BCUT2D eigenvalue weighted by molar-refractivity contribution is -0.137. The number of rotatable bonds is 2. The van der Waals surface area contributed by atoms with Crippen molar-refractivity contribution in [3.8, 4) is 0 Å². The Hall–Kier alpha value is -0.750. The number of halogens is 5. The van der Waals surface area contributed by atoms with Crippen LogP contribution in [0.1, 0.15) is 22.3 Å². The number of likely N-dealkylation sites (tertiary alicyclic amines) is 1. The molecule has 1 aliphatic heterocycles. The largest absolute Gasteiger partial charge is 0.416 e. The minimum absolute atomic E-state index is 0.0371. The van der Waals surface area contributed by atoms with Gasteiger partial charge < -0.3 is 4.90 Å². The molecule has 1 unspecified atom stereocenters. The van der Waals surface area contributed by atoms with Gasteiger partial charge in [0.05, 0.1) is 11.1 Å². The summed E-state index contributed by atoms with van der Waals surface area (Å²) in [7, 11) is 0. The van der Waals surface area contributed by atoms with Crippen LogP contribution in [0.15, 0.2) is 22.7 Å². The summed E-state index contributed by atoms with van der Waals surface area (Å²) >= 11 is 8.88. The zero-order valence-electron chi connectivity index (χ0n) is 10.4. The van der Waals surface area contributed by atoms with Gasteiger partial charge in [0.15, 0.2) is 0 Å². The van der Waals surface area contributed by atoms with Gasteiger partial charge in [-0.2, -0.15) is 13.2 Å². The molecule has 0 aliphatic carbocycles. The maximum absolute atomic E-state index is 12.7. The lowest BCUT2D eigenvalue weighted by atomic mass is 10.1. The Bertz CT molecular complexity index is 521. The number of hydrogen-bond acceptors (Lipinski definition) is 1. The van der Waals surface area contributed by atoms with E-state index in [4.69, 9.17) is 11.6 Å². The Morgan fingerprint density at radius 1 is 1.45 bits per heavy atom. The normalized spacial score (nSPS) is 19.4. The van der Waals surface area contributed by atoms with Crippen LogP contribution >= 0.6 is 27.5 Å². The van der Waals surface area contributed by atoms with Gasteiger partial charge in [0.25, 0.3) is 5.91 Å². The van der Waals surface area contributed by atoms with Crippen LogP contribution in [-0.4, -0.2) is 29.8 Å². The molecule has 1 fully saturated rings. The number of alkyl halides is 4. The van der Waals surface area contributed by atoms with Crippen molar-refractivity contribution < 1.29 is 18.0 Å². The third kappa shape index (κ3) is 3.28. The predicted molar refractivity (Wildman–Crippen MR) is 73.9 cm³/mol. The van der Waals surface area contributed by atoms with E-state index in [1.807, 2.05) is 0 Å². The summed E-state index contributed by atoms with van der Waals surface area (Å²) in [4.78, 5) is 13.8. The van der Waals surface area contributed by atoms with E-state index in [-0.39, 0.29) is 11.5 Å². The van der Waals surface area contributed by atoms with E-state index in [0.717, 1.165) is 18.6 Å². The van der Waals surface area contributed by atoms with Crippen LogP contribution < -0.4 is 0 Å². The quantitative estimate of drug-likeness (QED) is 0.716. The van der Waals surface area contributed by atoms with E-state index in [0.29, 0.717) is 23.4 Å². The molecule has 110 valence electrons. The molecule has 1 aromatic carbocycles. The smallest absolute Gasteiger partial charge is 0.338 e. The van der Waals surface area contributed by atoms with Gasteiger partial charge in [0, 0.05) is 23.4 Å². The Kier molecular flexibility index (Phi) is 4.64. The molecular weight excluding hydrogens is 359 g/mol. The van der Waals surface area contributed by atoms with Crippen molar-refractivity contribution in [2.45, 2.75) is 12.6 Å². The Morgan fingerprint density at radius 2 is 2.15 bits per heavy atom. The third-order valence-electron chi connectivity index (χ3n) is 3.32. The number of amides is 1. The summed E-state index contributed by atoms with van der Waals surface area (Å²) in [6.45, 7) is 1.02. The van der Waals surface area contributed by atoms with Crippen LogP contribution in [0, 0.1) is 5.92 Å². The van der Waals surface area contributed by atoms with E-state index in [9.17, 15) is 18.0 Å². The van der Waals surface area contributed by atoms with E-state index >= 15 is 0 Å². The SMILES string of the molecule is O=C(c1cc(C(F)(F)F)ccc1Br)N1CCC(CCl)C1. The van der Waals surface area contributed by atoms with E-state index in [1.54, 1.807) is 4.90 Å². The fourth-order valence-corrected chi connectivity index (χ4v) is 2.85. The average molecular weight is 371 g/mol. The minimum Gasteiger partial charge on any atom is -0.338 e. The van der Waals surface area contributed by atoms with Crippen LogP contribution in [0.3, 0.4) is 0 Å². The predicted octanol–water partition coefficient (Wildman–Crippen LogP) is 4.17. The number of hydrogen-bond donors (Lipinski definition) is 0. The second-order valence-electron chi connectivity index (χ2n) is 4.75. The lowest BCUT2D eigenvalue weighted by Crippen LogP contribution is -2.29. The first-order valence-corrected chi connectivity index (χ1v) is 7.37. The monoisotopic (exact) mass is 369 g/mol. The second kappa shape index (κ2) is 5.93. The number of carbonyl (C=O) groups is 1. The summed E-state index contributed by atoms with van der Waals surface area (Å²) in [5.74, 6) is 0.272. The van der Waals surface area contributed by atoms with Gasteiger partial charge in [-0.15, -0.1) is 11.6 Å². The fourth-order valence-electron chi connectivity index (χ4n) is 2.18. The van der Waals surface area contributed by atoms with Crippen molar-refractivity contribution in [2.75, 3.05) is 19.0 Å². The van der Waals surface area contributed by atoms with Crippen LogP contribution in [-0.2, 0) is 6.18 Å². The molecule has 0 radical (unpaired) electrons. The number of nitrogens with zero attached hydrogens (tertiary/aromatic N) is 1. The molecule has 1 aromatic rings. The van der Waals surface area contributed by atoms with Gasteiger partial charge in [-0.3, -0.25) is 4.79 Å². The maximum atomic E-state index is 12.7. The molecule has 7 heteroatoms. The van der Waals surface area contributed by atoms with Crippen LogP contribution in [0.4, 0.5) is 13.2 Å². The Labute approximate surface area is 128 Å². The molecule has 0 saturated carbocycles. The summed E-state index contributed by atoms with van der Waals surface area (Å²) in [5.41, 5.74) is -0.785. The maximum Gasteiger partial charge on any atom is 0.416 e. The first-order chi connectivity index (χ1) is 9.32. The molecule has 2 nitrogen and oxygen atoms in total. The highest BCUT2D eigenvalue weighted by atomic mass is 79.9. The van der Waals surface area contributed by atoms with Crippen LogP contribution in [0.2, 0.25) is 0 Å². The van der Waals surface area contributed by atoms with Gasteiger partial charge in [-0.05, 0) is 46.5 Å². The van der Waals surface area contributed by atoms with Crippen molar-refractivity contribution in [1.29, 1.82) is 0 Å². The van der Waals surface area contributed by atoms with Gasteiger partial charge >= 0.3 is 6.18 Å². The standard InChI is InChI=1S/C13H12BrClF3NO/c14-11-2-1-9(13(16,17)18)5-10(11)12(20)19-4-3-8(6-15)7-19/h1-2,5,8H,3-4,6-7H2. The van der Waals surface area contributed by atoms with E-state index in [1.165, 1.54) is 6.07 Å². The first-order valence-electron chi connectivity index (χ1n) is 6.05. The molecule has 0 N–H and O–H groups in total. The highest BCUT2D eigenvalue weighted by Gasteiger charge is 2.33. The van der Waals surface area contributed by atoms with Crippen LogP contribution in [0.25, 0.3) is 0 Å². The Balaban J connectivity index is 2.26. The zero-order valence-corrected chi connectivity index (χ0v) is 12.7. The van der Waals surface area contributed by atoms with Crippen molar-refractivity contribution in [3.63, 3.8) is 0 Å². The average Bonchev–Trinajstić information content (AvgIpc) is 2.86. The molecule has 0 aromatic heterocycles. The summed E-state index contributed by atoms with van der Waals surface area (Å²) in [6.07, 6.45) is -3.68. The van der Waals surface area contributed by atoms with Crippen LogP contribution in [0.5, 0.6) is 0 Å². The molecule has 0 bridgehead atoms. The van der Waals surface area contributed by atoms with Crippen molar-refractivity contribution >= 4 is 33.4 Å². The fraction of sp³-hybridized carbons (Fsp3) is 0.462. The highest BCUT2D eigenvalue weighted by molar-refractivity contribution is 9.10. The molecule has 2 rings (SSSR count). The van der Waals surface area contributed by atoms with Crippen molar-refractivity contribution in [1.82, 2.24) is 4.90 Å². The third-order valence-corrected chi connectivity index (χ3v) is 4.44. The molecule has 1 heterocycles. The van der Waals surface area contributed by atoms with Crippen molar-refractivity contribution in [3.05, 3.63) is 33.8 Å². The van der Waals surface area contributed by atoms with Gasteiger partial charge in [-0.1, -0.05) is 0 Å². The van der Waals surface area contributed by atoms with Crippen molar-refractivity contribution in [2.24, 2.45) is 5.92 Å². The minimum atomic E-state index is -4.46. The highest BCUT2D eigenvalue weighted by Crippen LogP contribution is 2.33. The summed E-state index contributed by atoms with van der Waals surface area (Å²) in [6, 6.07) is 3.10. The zero-order chi connectivity index (χ0) is 14.9. The molecule has 1 atom stereocenters. The topological polar surface area (TPSA) is 20.3 Å². The molecule has 1 amide bonds. The Morgan fingerprint density at radius 3 is 2.70 bits per heavy atom. The molecule has 1 aliphatic rings. The number of carbonyl (C=O) groups excluding carboxylic acids is 1. The second-order valence-corrected chi connectivity index (χ2v) is 5.92. The molecule has 0 spiro atoms. The lowest BCUT2D eigenvalue weighted by Gasteiger charge is -2.18. The molecule has 20 heavy (non-hydrogen) atoms. The van der Waals surface area contributed by atoms with E-state index < -0.39 is 17.6 Å². The number of benzene rings is 1. The first kappa shape index (κ1) is 15.6. The summed E-state index contributed by atoms with van der Waals surface area (Å²) < 4.78 is 38.5. The van der Waals surface area contributed by atoms with Gasteiger partial charge in [-0.25, -0.2) is 0 Å². The van der Waals surface area contributed by atoms with Gasteiger partial charge in [0.2, 0.25) is 0 Å².